The maximum atomic E-state index is 13.1. The van der Waals surface area contributed by atoms with Crippen LogP contribution in [0, 0.1) is 13.8 Å². The molecule has 2 aromatic carbocycles. The van der Waals surface area contributed by atoms with Gasteiger partial charge in [0.2, 0.25) is 0 Å². The molecule has 1 atom stereocenters. The second kappa shape index (κ2) is 11.3. The number of pyridine rings is 1. The molecule has 9 nitrogen and oxygen atoms in total. The van der Waals surface area contributed by atoms with Crippen LogP contribution in [0.15, 0.2) is 53.3 Å². The fourth-order valence-corrected chi connectivity index (χ4v) is 4.46. The maximum absolute atomic E-state index is 13.1. The maximum Gasteiger partial charge on any atom is 0.327 e. The van der Waals surface area contributed by atoms with E-state index in [2.05, 4.69) is 56.6 Å². The minimum Gasteiger partial charge on any atom is -0.465 e. The Labute approximate surface area is 210 Å². The van der Waals surface area contributed by atoms with Crippen LogP contribution >= 0.6 is 0 Å². The summed E-state index contributed by atoms with van der Waals surface area (Å²) in [5.41, 5.74) is 4.70. The molecule has 0 aliphatic carbocycles. The molecule has 0 aliphatic rings. The average molecular weight is 489 g/mol. The summed E-state index contributed by atoms with van der Waals surface area (Å²) < 4.78 is 6.59. The number of hydrogen-bond donors (Lipinski definition) is 1. The number of carbonyl (C=O) groups excluding carboxylic acids is 1. The number of nitrogens with one attached hydrogen (secondary N) is 1. The predicted molar refractivity (Wildman–Crippen MR) is 137 cm³/mol. The summed E-state index contributed by atoms with van der Waals surface area (Å²) in [6.07, 6.45) is 0.680. The number of ether oxygens (including phenoxy) is 1. The van der Waals surface area contributed by atoms with Gasteiger partial charge in [-0.25, -0.2) is 4.68 Å². The monoisotopic (exact) mass is 488 g/mol. The first kappa shape index (κ1) is 25.2. The van der Waals surface area contributed by atoms with Crippen LogP contribution in [-0.4, -0.2) is 42.7 Å². The standard InChI is InChI=1S/C27H32N6O3/c1-5-23(26-29-30-31-33(26)17-24(34)36-6-2)32(15-20-12-10-18(3)11-13-20)16-22-14-21-9-7-8-19(4)25(21)28-27(22)35/h7-14,23H,5-6,15-17H2,1-4H3,(H,28,35)/t23-/m0/s1. The number of aromatic amines is 1. The van der Waals surface area contributed by atoms with Crippen LogP contribution in [0.25, 0.3) is 10.9 Å². The Morgan fingerprint density at radius 3 is 2.61 bits per heavy atom. The largest absolute Gasteiger partial charge is 0.465 e. The Morgan fingerprint density at radius 2 is 1.89 bits per heavy atom. The number of carbonyl (C=O) groups is 1. The fraction of sp³-hybridized carbons (Fsp3) is 0.370. The number of H-pyrrole nitrogens is 1. The number of rotatable bonds is 10. The number of benzene rings is 2. The molecule has 2 aromatic heterocycles. The molecular weight excluding hydrogens is 456 g/mol. The fourth-order valence-electron chi connectivity index (χ4n) is 4.46. The van der Waals surface area contributed by atoms with Gasteiger partial charge in [-0.3, -0.25) is 14.5 Å². The minimum absolute atomic E-state index is 0.0686. The summed E-state index contributed by atoms with van der Waals surface area (Å²) in [6.45, 7) is 9.03. The van der Waals surface area contributed by atoms with E-state index in [1.165, 1.54) is 10.2 Å². The van der Waals surface area contributed by atoms with Crippen molar-refractivity contribution < 1.29 is 9.53 Å². The van der Waals surface area contributed by atoms with Gasteiger partial charge in [-0.15, -0.1) is 5.10 Å². The molecule has 9 heteroatoms. The van der Waals surface area contributed by atoms with E-state index in [0.29, 0.717) is 30.9 Å². The molecule has 4 rings (SSSR count). The molecule has 1 N–H and O–H groups in total. The molecule has 0 unspecified atom stereocenters. The van der Waals surface area contributed by atoms with E-state index < -0.39 is 5.97 Å². The Kier molecular flexibility index (Phi) is 7.90. The highest BCUT2D eigenvalue weighted by Crippen LogP contribution is 2.27. The first-order valence-electron chi connectivity index (χ1n) is 12.2. The molecule has 4 aromatic rings. The topological polar surface area (TPSA) is 106 Å². The highest BCUT2D eigenvalue weighted by molar-refractivity contribution is 5.81. The van der Waals surface area contributed by atoms with Crippen LogP contribution in [0.3, 0.4) is 0 Å². The molecule has 2 heterocycles. The third-order valence-corrected chi connectivity index (χ3v) is 6.31. The normalized spacial score (nSPS) is 12.2. The van der Waals surface area contributed by atoms with Crippen molar-refractivity contribution in [2.45, 2.75) is 59.8 Å². The summed E-state index contributed by atoms with van der Waals surface area (Å²) in [5.74, 6) is 0.165. The molecule has 0 amide bonds. The second-order valence-electron chi connectivity index (χ2n) is 8.98. The zero-order valence-electron chi connectivity index (χ0n) is 21.2. The van der Waals surface area contributed by atoms with Gasteiger partial charge in [-0.05, 0) is 60.2 Å². The molecule has 0 bridgehead atoms. The van der Waals surface area contributed by atoms with Crippen LogP contribution in [0.1, 0.15) is 54.4 Å². The second-order valence-corrected chi connectivity index (χ2v) is 8.98. The van der Waals surface area contributed by atoms with Crippen LogP contribution in [-0.2, 0) is 29.2 Å². The van der Waals surface area contributed by atoms with Gasteiger partial charge in [0.05, 0.1) is 18.2 Å². The minimum atomic E-state index is -0.396. The quantitative estimate of drug-likeness (QED) is 0.338. The summed E-state index contributed by atoms with van der Waals surface area (Å²) in [7, 11) is 0. The highest BCUT2D eigenvalue weighted by atomic mass is 16.5. The van der Waals surface area contributed by atoms with Crippen molar-refractivity contribution in [2.24, 2.45) is 0 Å². The van der Waals surface area contributed by atoms with Gasteiger partial charge in [0.15, 0.2) is 5.82 Å². The summed E-state index contributed by atoms with van der Waals surface area (Å²) in [4.78, 5) is 30.5. The summed E-state index contributed by atoms with van der Waals surface area (Å²) in [5, 5.41) is 13.1. The lowest BCUT2D eigenvalue weighted by molar-refractivity contribution is -0.144. The van der Waals surface area contributed by atoms with E-state index >= 15 is 0 Å². The lowest BCUT2D eigenvalue weighted by Gasteiger charge is -2.30. The van der Waals surface area contributed by atoms with Gasteiger partial charge >= 0.3 is 5.97 Å². The van der Waals surface area contributed by atoms with Gasteiger partial charge in [-0.2, -0.15) is 0 Å². The van der Waals surface area contributed by atoms with Gasteiger partial charge in [0, 0.05) is 18.7 Å². The third-order valence-electron chi connectivity index (χ3n) is 6.31. The molecule has 0 saturated heterocycles. The van der Waals surface area contributed by atoms with Gasteiger partial charge in [-0.1, -0.05) is 55.0 Å². The molecular formula is C27H32N6O3. The van der Waals surface area contributed by atoms with E-state index in [0.717, 1.165) is 22.0 Å². The van der Waals surface area contributed by atoms with Crippen molar-refractivity contribution in [2.75, 3.05) is 6.61 Å². The molecule has 0 saturated carbocycles. The Hall–Kier alpha value is -3.85. The zero-order valence-corrected chi connectivity index (χ0v) is 21.2. The number of aryl methyl sites for hydroxylation is 2. The van der Waals surface area contributed by atoms with Crippen molar-refractivity contribution in [3.8, 4) is 0 Å². The molecule has 188 valence electrons. The van der Waals surface area contributed by atoms with E-state index in [4.69, 9.17) is 4.74 Å². The van der Waals surface area contributed by atoms with Crippen molar-refractivity contribution >= 4 is 16.9 Å². The number of nitrogens with zero attached hydrogens (tertiary/aromatic N) is 5. The lowest BCUT2D eigenvalue weighted by Crippen LogP contribution is -2.33. The Balaban J connectivity index is 1.72. The number of fused-ring (bicyclic) bond motifs is 1. The third kappa shape index (κ3) is 5.68. The molecule has 36 heavy (non-hydrogen) atoms. The molecule has 0 spiro atoms. The number of esters is 1. The van der Waals surface area contributed by atoms with Crippen molar-refractivity contribution in [3.05, 3.63) is 87.0 Å². The first-order chi connectivity index (χ1) is 17.4. The number of hydrogen-bond acceptors (Lipinski definition) is 7. The van der Waals surface area contributed by atoms with Crippen LogP contribution < -0.4 is 5.56 Å². The van der Waals surface area contributed by atoms with Crippen LogP contribution in [0.2, 0.25) is 0 Å². The van der Waals surface area contributed by atoms with Crippen molar-refractivity contribution in [3.63, 3.8) is 0 Å². The number of para-hydroxylation sites is 1. The van der Waals surface area contributed by atoms with Crippen LogP contribution in [0.4, 0.5) is 0 Å². The molecule has 0 radical (unpaired) electrons. The van der Waals surface area contributed by atoms with Crippen molar-refractivity contribution in [1.29, 1.82) is 0 Å². The van der Waals surface area contributed by atoms with Gasteiger partial charge in [0.25, 0.3) is 5.56 Å². The highest BCUT2D eigenvalue weighted by Gasteiger charge is 2.27. The number of aromatic nitrogens is 5. The Bertz CT molecular complexity index is 1390. The van der Waals surface area contributed by atoms with Crippen LogP contribution in [0.5, 0.6) is 0 Å². The average Bonchev–Trinajstić information content (AvgIpc) is 3.29. The van der Waals surface area contributed by atoms with Gasteiger partial charge in [0.1, 0.15) is 6.54 Å². The van der Waals surface area contributed by atoms with E-state index in [9.17, 15) is 9.59 Å². The van der Waals surface area contributed by atoms with E-state index in [1.54, 1.807) is 6.92 Å². The van der Waals surface area contributed by atoms with E-state index in [-0.39, 0.29) is 24.8 Å². The summed E-state index contributed by atoms with van der Waals surface area (Å²) >= 11 is 0. The smallest absolute Gasteiger partial charge is 0.327 e. The SMILES string of the molecule is CCOC(=O)Cn1nnnc1[C@H](CC)N(Cc1ccc(C)cc1)Cc1cc2cccc(C)c2[nH]c1=O. The molecule has 0 fully saturated rings. The summed E-state index contributed by atoms with van der Waals surface area (Å²) in [6, 6.07) is 16.0. The van der Waals surface area contributed by atoms with Crippen molar-refractivity contribution in [1.82, 2.24) is 30.1 Å². The first-order valence-corrected chi connectivity index (χ1v) is 12.2. The van der Waals surface area contributed by atoms with E-state index in [1.807, 2.05) is 38.1 Å². The molecule has 0 aliphatic heterocycles. The Morgan fingerprint density at radius 1 is 1.11 bits per heavy atom. The zero-order chi connectivity index (χ0) is 25.7. The predicted octanol–water partition coefficient (Wildman–Crippen LogP) is 3.85. The number of tetrazole rings is 1. The lowest BCUT2D eigenvalue weighted by atomic mass is 10.1. The van der Waals surface area contributed by atoms with Gasteiger partial charge < -0.3 is 9.72 Å².